The molecule has 0 aromatic carbocycles. The zero-order valence-corrected chi connectivity index (χ0v) is 7.68. The maximum absolute atomic E-state index is 11.4. The molecule has 0 N–H and O–H groups in total. The lowest BCUT2D eigenvalue weighted by atomic mass is 9.80. The quantitative estimate of drug-likeness (QED) is 0.573. The van der Waals surface area contributed by atoms with Gasteiger partial charge in [0.25, 0.3) is 0 Å². The molecule has 0 atom stereocenters. The van der Waals surface area contributed by atoms with E-state index in [4.69, 9.17) is 6.42 Å². The molecule has 0 aliphatic heterocycles. The third kappa shape index (κ3) is 2.37. The van der Waals surface area contributed by atoms with Crippen LogP contribution in [0, 0.1) is 24.2 Å². The lowest BCUT2D eigenvalue weighted by Crippen LogP contribution is -2.20. The van der Waals surface area contributed by atoms with Crippen LogP contribution in [0.3, 0.4) is 0 Å². The zero-order chi connectivity index (χ0) is 8.97. The second-order valence-corrected chi connectivity index (χ2v) is 3.80. The van der Waals surface area contributed by atoms with Crippen LogP contribution in [-0.4, -0.2) is 5.78 Å². The highest BCUT2D eigenvalue weighted by Crippen LogP contribution is 2.29. The van der Waals surface area contributed by atoms with Crippen molar-refractivity contribution in [1.82, 2.24) is 0 Å². The molecule has 0 amide bonds. The largest absolute Gasteiger partial charge is 0.298 e. The van der Waals surface area contributed by atoms with Crippen LogP contribution in [0.1, 0.15) is 39.0 Å². The summed E-state index contributed by atoms with van der Waals surface area (Å²) in [7, 11) is 0. The molecule has 1 aliphatic rings. The minimum absolute atomic E-state index is 0.275. The third-order valence-electron chi connectivity index (χ3n) is 2.75. The number of carbonyl (C=O) groups is 1. The maximum Gasteiger partial charge on any atom is 0.147 e. The topological polar surface area (TPSA) is 17.1 Å². The SMILES string of the molecule is C#CCC(=O)C1CCC(C)CC1. The molecule has 1 aliphatic carbocycles. The van der Waals surface area contributed by atoms with Crippen LogP contribution in [0.5, 0.6) is 0 Å². The van der Waals surface area contributed by atoms with E-state index >= 15 is 0 Å². The highest BCUT2D eigenvalue weighted by atomic mass is 16.1. The number of rotatable bonds is 2. The molecule has 0 heterocycles. The molecule has 0 radical (unpaired) electrons. The van der Waals surface area contributed by atoms with Gasteiger partial charge in [0.05, 0.1) is 6.42 Å². The fourth-order valence-corrected chi connectivity index (χ4v) is 1.83. The molecule has 1 heteroatoms. The smallest absolute Gasteiger partial charge is 0.147 e. The first kappa shape index (κ1) is 9.32. The van der Waals surface area contributed by atoms with Crippen LogP contribution in [0.25, 0.3) is 0 Å². The molecule has 1 rings (SSSR count). The Bertz CT molecular complexity index is 192. The van der Waals surface area contributed by atoms with Crippen molar-refractivity contribution >= 4 is 5.78 Å². The number of terminal acetylenes is 1. The Morgan fingerprint density at radius 3 is 2.50 bits per heavy atom. The first-order valence-electron chi connectivity index (χ1n) is 4.70. The maximum atomic E-state index is 11.4. The standard InChI is InChI=1S/C11H16O/c1-3-4-11(12)10-7-5-9(2)6-8-10/h1,9-10H,4-8H2,2H3. The summed E-state index contributed by atoms with van der Waals surface area (Å²) >= 11 is 0. The summed E-state index contributed by atoms with van der Waals surface area (Å²) in [6.45, 7) is 2.25. The number of ketones is 1. The first-order valence-corrected chi connectivity index (χ1v) is 4.70. The number of hydrogen-bond acceptors (Lipinski definition) is 1. The van der Waals surface area contributed by atoms with Gasteiger partial charge < -0.3 is 0 Å². The van der Waals surface area contributed by atoms with Crippen molar-refractivity contribution in [3.63, 3.8) is 0 Å². The molecule has 0 aromatic heterocycles. The molecular weight excluding hydrogens is 148 g/mol. The van der Waals surface area contributed by atoms with E-state index in [1.165, 1.54) is 12.8 Å². The van der Waals surface area contributed by atoms with Gasteiger partial charge in [0.1, 0.15) is 5.78 Å². The van der Waals surface area contributed by atoms with Crippen LogP contribution >= 0.6 is 0 Å². The van der Waals surface area contributed by atoms with Gasteiger partial charge in [-0.25, -0.2) is 0 Å². The molecule has 66 valence electrons. The van der Waals surface area contributed by atoms with Crippen LogP contribution < -0.4 is 0 Å². The van der Waals surface area contributed by atoms with Gasteiger partial charge in [-0.2, -0.15) is 0 Å². The number of hydrogen-bond donors (Lipinski definition) is 0. The predicted octanol–water partition coefficient (Wildman–Crippen LogP) is 2.41. The summed E-state index contributed by atoms with van der Waals surface area (Å²) in [5.41, 5.74) is 0. The average Bonchev–Trinajstić information content (AvgIpc) is 2.06. The van der Waals surface area contributed by atoms with Crippen LogP contribution in [-0.2, 0) is 4.79 Å². The zero-order valence-electron chi connectivity index (χ0n) is 7.68. The van der Waals surface area contributed by atoms with Crippen molar-refractivity contribution in [3.8, 4) is 12.3 Å². The van der Waals surface area contributed by atoms with Crippen molar-refractivity contribution in [2.24, 2.45) is 11.8 Å². The lowest BCUT2D eigenvalue weighted by Gasteiger charge is -2.24. The van der Waals surface area contributed by atoms with Crippen molar-refractivity contribution in [2.45, 2.75) is 39.0 Å². The van der Waals surface area contributed by atoms with Gasteiger partial charge in [-0.15, -0.1) is 6.42 Å². The van der Waals surface area contributed by atoms with Crippen LogP contribution in [0.4, 0.5) is 0 Å². The normalized spacial score (nSPS) is 29.3. The molecule has 0 aromatic rings. The molecule has 1 fully saturated rings. The summed E-state index contributed by atoms with van der Waals surface area (Å²) in [5, 5.41) is 0. The van der Waals surface area contributed by atoms with E-state index in [0.717, 1.165) is 18.8 Å². The fraction of sp³-hybridized carbons (Fsp3) is 0.727. The van der Waals surface area contributed by atoms with E-state index in [2.05, 4.69) is 12.8 Å². The van der Waals surface area contributed by atoms with Crippen LogP contribution in [0.15, 0.2) is 0 Å². The summed E-state index contributed by atoms with van der Waals surface area (Å²) in [5.74, 6) is 3.79. The summed E-state index contributed by atoms with van der Waals surface area (Å²) in [6.07, 6.45) is 9.93. The minimum atomic E-state index is 0.275. The minimum Gasteiger partial charge on any atom is -0.298 e. The Balaban J connectivity index is 2.35. The molecule has 1 saturated carbocycles. The van der Waals surface area contributed by atoms with E-state index < -0.39 is 0 Å². The van der Waals surface area contributed by atoms with E-state index in [0.29, 0.717) is 6.42 Å². The van der Waals surface area contributed by atoms with E-state index in [1.807, 2.05) is 0 Å². The summed E-state index contributed by atoms with van der Waals surface area (Å²) in [6, 6.07) is 0. The van der Waals surface area contributed by atoms with Gasteiger partial charge in [-0.05, 0) is 18.8 Å². The Labute approximate surface area is 74.5 Å². The third-order valence-corrected chi connectivity index (χ3v) is 2.75. The van der Waals surface area contributed by atoms with Crippen LogP contribution in [0.2, 0.25) is 0 Å². The molecule has 12 heavy (non-hydrogen) atoms. The molecule has 1 nitrogen and oxygen atoms in total. The Hall–Kier alpha value is -0.770. The molecular formula is C11H16O. The Kier molecular flexibility index (Phi) is 3.34. The van der Waals surface area contributed by atoms with Gasteiger partial charge >= 0.3 is 0 Å². The van der Waals surface area contributed by atoms with Gasteiger partial charge in [0.2, 0.25) is 0 Å². The Morgan fingerprint density at radius 1 is 1.42 bits per heavy atom. The summed E-state index contributed by atoms with van der Waals surface area (Å²) in [4.78, 5) is 11.4. The highest BCUT2D eigenvalue weighted by molar-refractivity contribution is 5.83. The van der Waals surface area contributed by atoms with Gasteiger partial charge in [-0.1, -0.05) is 25.7 Å². The average molecular weight is 164 g/mol. The molecule has 0 saturated heterocycles. The predicted molar refractivity (Wildman–Crippen MR) is 49.6 cm³/mol. The second kappa shape index (κ2) is 4.30. The Morgan fingerprint density at radius 2 is 2.00 bits per heavy atom. The van der Waals surface area contributed by atoms with Gasteiger partial charge in [0.15, 0.2) is 0 Å². The number of Topliss-reactive ketones (excluding diaryl/α,β-unsaturated/α-hetero) is 1. The molecule has 0 unspecified atom stereocenters. The molecule has 0 spiro atoms. The second-order valence-electron chi connectivity index (χ2n) is 3.80. The summed E-state index contributed by atoms with van der Waals surface area (Å²) < 4.78 is 0. The fourth-order valence-electron chi connectivity index (χ4n) is 1.83. The van der Waals surface area contributed by atoms with Crippen molar-refractivity contribution in [3.05, 3.63) is 0 Å². The van der Waals surface area contributed by atoms with Gasteiger partial charge in [-0.3, -0.25) is 4.79 Å². The van der Waals surface area contributed by atoms with Crippen molar-refractivity contribution < 1.29 is 4.79 Å². The first-order chi connectivity index (χ1) is 5.74. The monoisotopic (exact) mass is 164 g/mol. The lowest BCUT2D eigenvalue weighted by molar-refractivity contribution is -0.123. The van der Waals surface area contributed by atoms with Crippen molar-refractivity contribution in [1.29, 1.82) is 0 Å². The molecule has 0 bridgehead atoms. The van der Waals surface area contributed by atoms with E-state index in [9.17, 15) is 4.79 Å². The number of carbonyl (C=O) groups excluding carboxylic acids is 1. The van der Waals surface area contributed by atoms with Gasteiger partial charge in [0, 0.05) is 5.92 Å². The van der Waals surface area contributed by atoms with Crippen molar-refractivity contribution in [2.75, 3.05) is 0 Å². The van der Waals surface area contributed by atoms with E-state index in [1.54, 1.807) is 0 Å². The van der Waals surface area contributed by atoms with E-state index in [-0.39, 0.29) is 11.7 Å². The highest BCUT2D eigenvalue weighted by Gasteiger charge is 2.22.